The molecule has 0 aliphatic carbocycles. The lowest BCUT2D eigenvalue weighted by Gasteiger charge is -2.14. The van der Waals surface area contributed by atoms with Crippen molar-refractivity contribution in [3.8, 4) is 5.75 Å². The van der Waals surface area contributed by atoms with Crippen LogP contribution in [-0.2, 0) is 11.2 Å². The van der Waals surface area contributed by atoms with E-state index in [1.165, 1.54) is 0 Å². The van der Waals surface area contributed by atoms with Crippen LogP contribution in [0.3, 0.4) is 0 Å². The minimum Gasteiger partial charge on any atom is -0.497 e. The number of hydrogen-bond acceptors (Lipinski definition) is 3. The molecule has 0 fully saturated rings. The van der Waals surface area contributed by atoms with E-state index in [0.717, 1.165) is 16.9 Å². The van der Waals surface area contributed by atoms with Crippen molar-refractivity contribution in [1.82, 2.24) is 0 Å². The molecular weight excluding hydrogens is 238 g/mol. The Kier molecular flexibility index (Phi) is 5.90. The molecule has 0 bridgehead atoms. The van der Waals surface area contributed by atoms with Crippen LogP contribution >= 0.6 is 0 Å². The summed E-state index contributed by atoms with van der Waals surface area (Å²) in [6.45, 7) is 7.53. The molecule has 1 unspecified atom stereocenters. The number of allylic oxidation sites excluding steroid dienone is 1. The molecule has 0 heterocycles. The summed E-state index contributed by atoms with van der Waals surface area (Å²) >= 11 is 0. The van der Waals surface area contributed by atoms with Gasteiger partial charge in [-0.1, -0.05) is 31.4 Å². The second-order valence-electron chi connectivity index (χ2n) is 4.18. The van der Waals surface area contributed by atoms with E-state index in [2.05, 4.69) is 13.2 Å². The zero-order valence-electron chi connectivity index (χ0n) is 11.6. The van der Waals surface area contributed by atoms with Crippen LogP contribution in [-0.4, -0.2) is 20.3 Å². The highest BCUT2D eigenvalue weighted by atomic mass is 16.5. The third kappa shape index (κ3) is 4.64. The third-order valence-corrected chi connectivity index (χ3v) is 2.84. The van der Waals surface area contributed by atoms with E-state index in [4.69, 9.17) is 15.2 Å². The van der Waals surface area contributed by atoms with Crippen LogP contribution in [0.25, 0.3) is 0 Å². The maximum Gasteiger partial charge on any atom is 0.119 e. The highest BCUT2D eigenvalue weighted by Crippen LogP contribution is 2.16. The second-order valence-corrected chi connectivity index (χ2v) is 4.18. The van der Waals surface area contributed by atoms with Gasteiger partial charge in [-0.2, -0.15) is 0 Å². The minimum atomic E-state index is -0.156. The summed E-state index contributed by atoms with van der Waals surface area (Å²) in [6.07, 6.45) is 4.24. The molecule has 0 aliphatic heterocycles. The number of ether oxygens (including phenoxy) is 2. The number of rotatable bonds is 7. The van der Waals surface area contributed by atoms with Crippen LogP contribution in [0, 0.1) is 0 Å². The van der Waals surface area contributed by atoms with E-state index in [-0.39, 0.29) is 6.04 Å². The molecule has 0 saturated carbocycles. The average molecular weight is 259 g/mol. The first-order chi connectivity index (χ1) is 9.10. The second kappa shape index (κ2) is 7.44. The van der Waals surface area contributed by atoms with Crippen molar-refractivity contribution in [3.63, 3.8) is 0 Å². The van der Waals surface area contributed by atoms with Crippen molar-refractivity contribution in [2.24, 2.45) is 5.73 Å². The van der Waals surface area contributed by atoms with Gasteiger partial charge in [-0.25, -0.2) is 0 Å². The van der Waals surface area contributed by atoms with Crippen molar-refractivity contribution in [3.05, 3.63) is 66.5 Å². The van der Waals surface area contributed by atoms with Gasteiger partial charge < -0.3 is 15.2 Å². The van der Waals surface area contributed by atoms with Gasteiger partial charge in [0.05, 0.1) is 14.2 Å². The van der Waals surface area contributed by atoms with Gasteiger partial charge in [0.1, 0.15) is 11.5 Å². The number of benzene rings is 1. The maximum absolute atomic E-state index is 6.18. The van der Waals surface area contributed by atoms with E-state index in [1.807, 2.05) is 24.3 Å². The summed E-state index contributed by atoms with van der Waals surface area (Å²) < 4.78 is 10.2. The summed E-state index contributed by atoms with van der Waals surface area (Å²) in [6, 6.07) is 7.70. The Labute approximate surface area is 115 Å². The Morgan fingerprint density at radius 1 is 1.42 bits per heavy atom. The summed E-state index contributed by atoms with van der Waals surface area (Å²) in [4.78, 5) is 0. The zero-order valence-corrected chi connectivity index (χ0v) is 11.6. The highest BCUT2D eigenvalue weighted by Gasteiger charge is 2.09. The molecular formula is C16H21NO2. The number of methoxy groups -OCH3 is 2. The summed E-state index contributed by atoms with van der Waals surface area (Å²) in [5.74, 6) is 1.39. The summed E-state index contributed by atoms with van der Waals surface area (Å²) in [5, 5.41) is 0. The van der Waals surface area contributed by atoms with Crippen molar-refractivity contribution in [1.29, 1.82) is 0 Å². The summed E-state index contributed by atoms with van der Waals surface area (Å²) in [7, 11) is 3.23. The molecule has 0 radical (unpaired) electrons. The van der Waals surface area contributed by atoms with Gasteiger partial charge in [0.15, 0.2) is 0 Å². The molecule has 0 amide bonds. The number of hydrogen-bond donors (Lipinski definition) is 1. The fourth-order valence-corrected chi connectivity index (χ4v) is 1.73. The molecule has 102 valence electrons. The monoisotopic (exact) mass is 259 g/mol. The fraction of sp³-hybridized carbons (Fsp3) is 0.250. The van der Waals surface area contributed by atoms with Gasteiger partial charge in [-0.3, -0.25) is 0 Å². The Hall–Kier alpha value is -2.00. The van der Waals surface area contributed by atoms with Crippen LogP contribution < -0.4 is 10.5 Å². The lowest BCUT2D eigenvalue weighted by Crippen LogP contribution is -2.24. The molecule has 0 saturated heterocycles. The van der Waals surface area contributed by atoms with Crippen molar-refractivity contribution >= 4 is 0 Å². The SMILES string of the molecule is C=C/C(=C\C(=C)OC)C(N)Cc1cccc(OC)c1. The van der Waals surface area contributed by atoms with Crippen LogP contribution in [0.5, 0.6) is 5.75 Å². The maximum atomic E-state index is 6.18. The van der Waals surface area contributed by atoms with Crippen molar-refractivity contribution < 1.29 is 9.47 Å². The van der Waals surface area contributed by atoms with Crippen LogP contribution in [0.15, 0.2) is 60.9 Å². The first-order valence-electron chi connectivity index (χ1n) is 6.06. The Bertz CT molecular complexity index is 477. The molecule has 3 nitrogen and oxygen atoms in total. The molecule has 0 aromatic heterocycles. The fourth-order valence-electron chi connectivity index (χ4n) is 1.73. The molecule has 0 aliphatic rings. The van der Waals surface area contributed by atoms with Crippen molar-refractivity contribution in [2.75, 3.05) is 14.2 Å². The van der Waals surface area contributed by atoms with Gasteiger partial charge in [0.2, 0.25) is 0 Å². The van der Waals surface area contributed by atoms with Gasteiger partial charge >= 0.3 is 0 Å². The average Bonchev–Trinajstić information content (AvgIpc) is 2.44. The first-order valence-corrected chi connectivity index (χ1v) is 6.06. The van der Waals surface area contributed by atoms with Crippen LogP contribution in [0.1, 0.15) is 5.56 Å². The predicted molar refractivity (Wildman–Crippen MR) is 79.1 cm³/mol. The van der Waals surface area contributed by atoms with Crippen molar-refractivity contribution in [2.45, 2.75) is 12.5 Å². The summed E-state index contributed by atoms with van der Waals surface area (Å²) in [5.41, 5.74) is 8.19. The lowest BCUT2D eigenvalue weighted by atomic mass is 9.99. The molecule has 2 N–H and O–H groups in total. The molecule has 1 aromatic rings. The topological polar surface area (TPSA) is 44.5 Å². The predicted octanol–water partition coefficient (Wildman–Crippen LogP) is 2.84. The van der Waals surface area contributed by atoms with E-state index < -0.39 is 0 Å². The first kappa shape index (κ1) is 15.1. The zero-order chi connectivity index (χ0) is 14.3. The molecule has 0 spiro atoms. The van der Waals surface area contributed by atoms with Gasteiger partial charge in [0, 0.05) is 6.04 Å². The van der Waals surface area contributed by atoms with Gasteiger partial charge in [-0.05, 0) is 35.8 Å². The van der Waals surface area contributed by atoms with Crippen LogP contribution in [0.4, 0.5) is 0 Å². The highest BCUT2D eigenvalue weighted by molar-refractivity contribution is 5.34. The quantitative estimate of drug-likeness (QED) is 0.605. The smallest absolute Gasteiger partial charge is 0.119 e. The van der Waals surface area contributed by atoms with E-state index >= 15 is 0 Å². The van der Waals surface area contributed by atoms with E-state index in [9.17, 15) is 0 Å². The Morgan fingerprint density at radius 3 is 2.74 bits per heavy atom. The van der Waals surface area contributed by atoms with E-state index in [0.29, 0.717) is 12.2 Å². The molecule has 1 aromatic carbocycles. The third-order valence-electron chi connectivity index (χ3n) is 2.84. The van der Waals surface area contributed by atoms with Crippen LogP contribution in [0.2, 0.25) is 0 Å². The minimum absolute atomic E-state index is 0.156. The molecule has 3 heteroatoms. The Morgan fingerprint density at radius 2 is 2.16 bits per heavy atom. The lowest BCUT2D eigenvalue weighted by molar-refractivity contribution is 0.308. The standard InChI is InChI=1S/C16H21NO2/c1-5-14(9-12(2)18-3)16(17)11-13-7-6-8-15(10-13)19-4/h5-10,16H,1-2,11,17H2,3-4H3/b14-9+. The molecule has 1 atom stereocenters. The molecule has 19 heavy (non-hydrogen) atoms. The largest absolute Gasteiger partial charge is 0.497 e. The molecule has 1 rings (SSSR count). The normalized spacial score (nSPS) is 12.7. The Balaban J connectivity index is 2.81. The van der Waals surface area contributed by atoms with Gasteiger partial charge in [0.25, 0.3) is 0 Å². The van der Waals surface area contributed by atoms with E-state index in [1.54, 1.807) is 26.4 Å². The number of nitrogens with two attached hydrogens (primary N) is 1. The van der Waals surface area contributed by atoms with Gasteiger partial charge in [-0.15, -0.1) is 0 Å².